The zero-order valence-electron chi connectivity index (χ0n) is 18.3. The van der Waals surface area contributed by atoms with E-state index in [-0.39, 0.29) is 5.91 Å². The molecule has 7 heteroatoms. The normalized spacial score (nSPS) is 19.6. The topological polar surface area (TPSA) is 60.9 Å². The molecule has 1 fully saturated rings. The molecule has 2 aromatic carbocycles. The van der Waals surface area contributed by atoms with Crippen molar-refractivity contribution in [3.05, 3.63) is 59.7 Å². The Balaban J connectivity index is 1.43. The van der Waals surface area contributed by atoms with Crippen molar-refractivity contribution in [1.82, 2.24) is 9.21 Å². The van der Waals surface area contributed by atoms with Crippen molar-refractivity contribution < 1.29 is 13.2 Å². The largest absolute Gasteiger partial charge is 0.311 e. The number of carbonyl (C=O) groups is 1. The molecule has 2 aliphatic heterocycles. The van der Waals surface area contributed by atoms with Crippen LogP contribution in [0.4, 0.5) is 5.69 Å². The van der Waals surface area contributed by atoms with E-state index in [4.69, 9.17) is 0 Å². The predicted octanol–water partition coefficient (Wildman–Crippen LogP) is 2.92. The number of hydrogen-bond donors (Lipinski definition) is 0. The fourth-order valence-corrected chi connectivity index (χ4v) is 5.97. The molecule has 0 radical (unpaired) electrons. The van der Waals surface area contributed by atoms with E-state index in [0.29, 0.717) is 43.4 Å². The van der Waals surface area contributed by atoms with Crippen LogP contribution in [0.2, 0.25) is 0 Å². The van der Waals surface area contributed by atoms with Gasteiger partial charge in [-0.05, 0) is 69.1 Å². The van der Waals surface area contributed by atoms with Crippen LogP contribution in [0.1, 0.15) is 30.4 Å². The van der Waals surface area contributed by atoms with Gasteiger partial charge < -0.3 is 9.80 Å². The molecule has 0 unspecified atom stereocenters. The monoisotopic (exact) mass is 441 g/mol. The third-order valence-corrected chi connectivity index (χ3v) is 8.33. The van der Waals surface area contributed by atoms with Gasteiger partial charge in [-0.15, -0.1) is 0 Å². The number of para-hydroxylation sites is 1. The maximum Gasteiger partial charge on any atom is 0.243 e. The molecule has 0 saturated carbocycles. The molecule has 31 heavy (non-hydrogen) atoms. The molecule has 166 valence electrons. The maximum atomic E-state index is 13.1. The summed E-state index contributed by atoms with van der Waals surface area (Å²) < 4.78 is 26.9. The lowest BCUT2D eigenvalue weighted by Gasteiger charge is -2.37. The smallest absolute Gasteiger partial charge is 0.243 e. The Hall–Kier alpha value is -2.22. The second kappa shape index (κ2) is 9.10. The van der Waals surface area contributed by atoms with Crippen LogP contribution < -0.4 is 4.90 Å². The number of fused-ring (bicyclic) bond motifs is 1. The predicted molar refractivity (Wildman–Crippen MR) is 123 cm³/mol. The van der Waals surface area contributed by atoms with Crippen molar-refractivity contribution >= 4 is 21.6 Å². The SMILES string of the molecule is CN(C)[C@@H]1Cc2ccccc2N(C(=O)CCc2ccc(S(=O)(=O)N3CCCC3)cc2)C1. The number of amides is 1. The summed E-state index contributed by atoms with van der Waals surface area (Å²) in [5, 5.41) is 0. The molecule has 1 saturated heterocycles. The number of likely N-dealkylation sites (N-methyl/N-ethyl adjacent to an activating group) is 1. The summed E-state index contributed by atoms with van der Waals surface area (Å²) in [4.78, 5) is 17.5. The second-order valence-electron chi connectivity index (χ2n) is 8.71. The van der Waals surface area contributed by atoms with Gasteiger partial charge in [-0.25, -0.2) is 8.42 Å². The fourth-order valence-electron chi connectivity index (χ4n) is 4.45. The number of anilines is 1. The summed E-state index contributed by atoms with van der Waals surface area (Å²) >= 11 is 0. The number of carbonyl (C=O) groups excluding carboxylic acids is 1. The molecule has 1 atom stereocenters. The van der Waals surface area contributed by atoms with Crippen LogP contribution in [0.25, 0.3) is 0 Å². The summed E-state index contributed by atoms with van der Waals surface area (Å²) in [6, 6.07) is 15.5. The Labute approximate surface area is 185 Å². The Morgan fingerprint density at radius 2 is 1.71 bits per heavy atom. The number of sulfonamides is 1. The first-order valence-electron chi connectivity index (χ1n) is 11.0. The van der Waals surface area contributed by atoms with E-state index in [9.17, 15) is 13.2 Å². The zero-order chi connectivity index (χ0) is 22.0. The van der Waals surface area contributed by atoms with Crippen molar-refractivity contribution in [3.63, 3.8) is 0 Å². The highest BCUT2D eigenvalue weighted by Crippen LogP contribution is 2.29. The summed E-state index contributed by atoms with van der Waals surface area (Å²) in [5.41, 5.74) is 3.19. The standard InChI is InChI=1S/C24H31N3O3S/c1-25(2)21-17-20-7-3-4-8-23(20)27(18-21)24(28)14-11-19-9-12-22(13-10-19)31(29,30)26-15-5-6-16-26/h3-4,7-10,12-13,21H,5-6,11,14-18H2,1-2H3/t21-/m1/s1. The van der Waals surface area contributed by atoms with Gasteiger partial charge in [0.1, 0.15) is 0 Å². The van der Waals surface area contributed by atoms with Crippen LogP contribution in [-0.4, -0.2) is 63.3 Å². The van der Waals surface area contributed by atoms with E-state index >= 15 is 0 Å². The van der Waals surface area contributed by atoms with Crippen molar-refractivity contribution in [2.45, 2.75) is 43.0 Å². The number of hydrogen-bond acceptors (Lipinski definition) is 4. The van der Waals surface area contributed by atoms with Gasteiger partial charge >= 0.3 is 0 Å². The minimum atomic E-state index is -3.40. The Morgan fingerprint density at radius 1 is 1.03 bits per heavy atom. The minimum absolute atomic E-state index is 0.104. The third-order valence-electron chi connectivity index (χ3n) is 6.42. The summed E-state index contributed by atoms with van der Waals surface area (Å²) in [6.07, 6.45) is 3.78. The number of rotatable bonds is 6. The van der Waals surface area contributed by atoms with Gasteiger partial charge in [0, 0.05) is 37.8 Å². The first-order valence-corrected chi connectivity index (χ1v) is 12.4. The fraction of sp³-hybridized carbons (Fsp3) is 0.458. The van der Waals surface area contributed by atoms with Gasteiger partial charge in [0.15, 0.2) is 0 Å². The van der Waals surface area contributed by atoms with Gasteiger partial charge in [-0.3, -0.25) is 4.79 Å². The van der Waals surface area contributed by atoms with Crippen molar-refractivity contribution in [2.24, 2.45) is 0 Å². The average molecular weight is 442 g/mol. The Morgan fingerprint density at radius 3 is 2.39 bits per heavy atom. The van der Waals surface area contributed by atoms with Gasteiger partial charge in [0.25, 0.3) is 0 Å². The highest BCUT2D eigenvalue weighted by atomic mass is 32.2. The van der Waals surface area contributed by atoms with E-state index in [1.807, 2.05) is 35.2 Å². The lowest BCUT2D eigenvalue weighted by atomic mass is 9.96. The highest BCUT2D eigenvalue weighted by Gasteiger charge is 2.29. The van der Waals surface area contributed by atoms with Crippen LogP contribution >= 0.6 is 0 Å². The molecule has 6 nitrogen and oxygen atoms in total. The maximum absolute atomic E-state index is 13.1. The molecular weight excluding hydrogens is 410 g/mol. The lowest BCUT2D eigenvalue weighted by Crippen LogP contribution is -2.48. The van der Waals surface area contributed by atoms with E-state index in [0.717, 1.165) is 30.5 Å². The minimum Gasteiger partial charge on any atom is -0.311 e. The molecule has 0 bridgehead atoms. The number of nitrogens with zero attached hydrogens (tertiary/aromatic N) is 3. The Kier molecular flexibility index (Phi) is 6.46. The molecular formula is C24H31N3O3S. The molecule has 2 heterocycles. The van der Waals surface area contributed by atoms with Crippen LogP contribution in [0.3, 0.4) is 0 Å². The first kappa shape index (κ1) is 22.0. The quantitative estimate of drug-likeness (QED) is 0.692. The highest BCUT2D eigenvalue weighted by molar-refractivity contribution is 7.89. The molecule has 1 amide bonds. The van der Waals surface area contributed by atoms with Gasteiger partial charge in [-0.1, -0.05) is 30.3 Å². The van der Waals surface area contributed by atoms with Crippen LogP contribution in [0.5, 0.6) is 0 Å². The van der Waals surface area contributed by atoms with Crippen molar-refractivity contribution in [2.75, 3.05) is 38.6 Å². The average Bonchev–Trinajstić information content (AvgIpc) is 3.33. The molecule has 2 aliphatic rings. The van der Waals surface area contributed by atoms with Crippen LogP contribution in [0.15, 0.2) is 53.4 Å². The second-order valence-corrected chi connectivity index (χ2v) is 10.6. The van der Waals surface area contributed by atoms with E-state index in [1.165, 1.54) is 5.56 Å². The summed E-state index contributed by atoms with van der Waals surface area (Å²) in [7, 11) is 0.711. The van der Waals surface area contributed by atoms with Gasteiger partial charge in [0.2, 0.25) is 15.9 Å². The van der Waals surface area contributed by atoms with Crippen molar-refractivity contribution in [1.29, 1.82) is 0 Å². The molecule has 0 N–H and O–H groups in total. The van der Waals surface area contributed by atoms with Gasteiger partial charge in [0.05, 0.1) is 4.90 Å². The number of aryl methyl sites for hydroxylation is 1. The molecule has 2 aromatic rings. The third kappa shape index (κ3) is 4.68. The molecule has 0 aliphatic carbocycles. The van der Waals surface area contributed by atoms with E-state index in [2.05, 4.69) is 25.1 Å². The molecule has 4 rings (SSSR count). The van der Waals surface area contributed by atoms with Crippen molar-refractivity contribution in [3.8, 4) is 0 Å². The van der Waals surface area contributed by atoms with Crippen LogP contribution in [-0.2, 0) is 27.7 Å². The lowest BCUT2D eigenvalue weighted by molar-refractivity contribution is -0.118. The van der Waals surface area contributed by atoms with E-state index in [1.54, 1.807) is 16.4 Å². The zero-order valence-corrected chi connectivity index (χ0v) is 19.1. The van der Waals surface area contributed by atoms with Gasteiger partial charge in [-0.2, -0.15) is 4.31 Å². The first-order chi connectivity index (χ1) is 14.9. The van der Waals surface area contributed by atoms with Crippen LogP contribution in [0, 0.1) is 0 Å². The summed E-state index contributed by atoms with van der Waals surface area (Å²) in [6.45, 7) is 1.89. The molecule has 0 spiro atoms. The Bertz CT molecular complexity index is 1030. The summed E-state index contributed by atoms with van der Waals surface area (Å²) in [5.74, 6) is 0.104. The number of benzene rings is 2. The van der Waals surface area contributed by atoms with E-state index < -0.39 is 10.0 Å². The molecule has 0 aromatic heterocycles.